The third-order valence-electron chi connectivity index (χ3n) is 2.27. The number of Topliss-reactive ketones (excluding diaryl/α,β-unsaturated/α-hetero) is 1. The van der Waals surface area contributed by atoms with Crippen molar-refractivity contribution in [3.63, 3.8) is 0 Å². The number of thiazole rings is 1. The van der Waals surface area contributed by atoms with E-state index in [0.717, 1.165) is 0 Å². The summed E-state index contributed by atoms with van der Waals surface area (Å²) in [5.41, 5.74) is 6.03. The van der Waals surface area contributed by atoms with Gasteiger partial charge in [-0.3, -0.25) is 9.59 Å². The molecule has 0 aromatic carbocycles. The van der Waals surface area contributed by atoms with Crippen molar-refractivity contribution < 1.29 is 14.3 Å². The number of hydrogen-bond acceptors (Lipinski definition) is 6. The van der Waals surface area contributed by atoms with Gasteiger partial charge in [0.25, 0.3) is 0 Å². The summed E-state index contributed by atoms with van der Waals surface area (Å²) < 4.78 is 4.88. The third kappa shape index (κ3) is 3.26. The third-order valence-corrected chi connectivity index (χ3v) is 2.96. The maximum absolute atomic E-state index is 11.6. The number of esters is 1. The van der Waals surface area contributed by atoms with Crippen LogP contribution < -0.4 is 5.73 Å². The van der Waals surface area contributed by atoms with Crippen LogP contribution in [0.5, 0.6) is 0 Å². The number of ether oxygens (including phenoxy) is 1. The summed E-state index contributed by atoms with van der Waals surface area (Å²) in [7, 11) is 0. The molecule has 5 nitrogen and oxygen atoms in total. The van der Waals surface area contributed by atoms with Crippen molar-refractivity contribution in [1.29, 1.82) is 0 Å². The summed E-state index contributed by atoms with van der Waals surface area (Å²) in [5, 5.41) is 2.06. The lowest BCUT2D eigenvalue weighted by Gasteiger charge is -2.17. The SMILES string of the molecule is CCOC(=O)[C](C)C(C(C)=O)c1csc(N)n1. The second-order valence-electron chi connectivity index (χ2n) is 3.56. The molecule has 0 saturated heterocycles. The van der Waals surface area contributed by atoms with Crippen LogP contribution in [0.3, 0.4) is 0 Å². The van der Waals surface area contributed by atoms with E-state index in [0.29, 0.717) is 16.7 Å². The van der Waals surface area contributed by atoms with Gasteiger partial charge in [-0.15, -0.1) is 11.3 Å². The number of ketones is 1. The van der Waals surface area contributed by atoms with E-state index in [-0.39, 0.29) is 12.4 Å². The van der Waals surface area contributed by atoms with E-state index in [1.54, 1.807) is 19.2 Å². The molecule has 17 heavy (non-hydrogen) atoms. The largest absolute Gasteiger partial charge is 0.466 e. The predicted octanol–water partition coefficient (Wildman–Crippen LogP) is 1.56. The number of anilines is 1. The predicted molar refractivity (Wildman–Crippen MR) is 65.5 cm³/mol. The number of nitrogens with two attached hydrogens (primary N) is 1. The van der Waals surface area contributed by atoms with E-state index in [2.05, 4.69) is 4.98 Å². The lowest BCUT2D eigenvalue weighted by atomic mass is 9.88. The Hall–Kier alpha value is -1.43. The summed E-state index contributed by atoms with van der Waals surface area (Å²) >= 11 is 1.24. The number of aromatic nitrogens is 1. The molecule has 0 bridgehead atoms. The van der Waals surface area contributed by atoms with Crippen LogP contribution in [-0.2, 0) is 14.3 Å². The fraction of sp³-hybridized carbons (Fsp3) is 0.455. The second kappa shape index (κ2) is 5.77. The molecule has 93 valence electrons. The summed E-state index contributed by atoms with van der Waals surface area (Å²) in [6.45, 7) is 5.00. The van der Waals surface area contributed by atoms with Gasteiger partial charge in [0, 0.05) is 5.38 Å². The highest BCUT2D eigenvalue weighted by Crippen LogP contribution is 2.30. The molecule has 1 atom stereocenters. The zero-order valence-corrected chi connectivity index (χ0v) is 10.8. The molecule has 0 aliphatic carbocycles. The van der Waals surface area contributed by atoms with Gasteiger partial charge in [-0.2, -0.15) is 0 Å². The standard InChI is InChI=1S/C11H15N2O3S/c1-4-16-10(15)6(2)9(7(3)14)8-5-17-11(12)13-8/h5,9H,4H2,1-3H3,(H2,12,13). The molecule has 1 unspecified atom stereocenters. The minimum absolute atomic E-state index is 0.152. The van der Waals surface area contributed by atoms with Crippen molar-refractivity contribution in [3.8, 4) is 0 Å². The normalized spacial score (nSPS) is 12.5. The van der Waals surface area contributed by atoms with Crippen LogP contribution in [0.2, 0.25) is 0 Å². The van der Waals surface area contributed by atoms with Crippen molar-refractivity contribution in [1.82, 2.24) is 4.98 Å². The van der Waals surface area contributed by atoms with Gasteiger partial charge in [-0.1, -0.05) is 0 Å². The monoisotopic (exact) mass is 255 g/mol. The van der Waals surface area contributed by atoms with Crippen LogP contribution in [0.25, 0.3) is 0 Å². The summed E-state index contributed by atoms with van der Waals surface area (Å²) in [4.78, 5) is 27.2. The second-order valence-corrected chi connectivity index (χ2v) is 4.45. The first kappa shape index (κ1) is 13.6. The number of hydrogen-bond donors (Lipinski definition) is 1. The smallest absolute Gasteiger partial charge is 0.314 e. The fourth-order valence-electron chi connectivity index (χ4n) is 1.53. The Labute approximate surface area is 104 Å². The van der Waals surface area contributed by atoms with Crippen molar-refractivity contribution in [2.45, 2.75) is 26.7 Å². The van der Waals surface area contributed by atoms with Crippen molar-refractivity contribution in [3.05, 3.63) is 17.0 Å². The Morgan fingerprint density at radius 2 is 2.18 bits per heavy atom. The van der Waals surface area contributed by atoms with Gasteiger partial charge >= 0.3 is 5.97 Å². The maximum atomic E-state index is 11.6. The van der Waals surface area contributed by atoms with E-state index in [4.69, 9.17) is 10.5 Å². The number of nitrogens with zero attached hydrogens (tertiary/aromatic N) is 1. The first-order valence-electron chi connectivity index (χ1n) is 5.19. The van der Waals surface area contributed by atoms with Crippen LogP contribution in [0.4, 0.5) is 5.13 Å². The van der Waals surface area contributed by atoms with Crippen molar-refractivity contribution in [2.24, 2.45) is 0 Å². The highest BCUT2D eigenvalue weighted by atomic mass is 32.1. The molecule has 0 aliphatic rings. The van der Waals surface area contributed by atoms with Gasteiger partial charge in [-0.05, 0) is 20.8 Å². The molecular weight excluding hydrogens is 240 g/mol. The molecular formula is C11H15N2O3S. The van der Waals surface area contributed by atoms with Crippen LogP contribution in [-0.4, -0.2) is 23.3 Å². The molecule has 0 spiro atoms. The van der Waals surface area contributed by atoms with Crippen molar-refractivity contribution in [2.75, 3.05) is 12.3 Å². The fourth-order valence-corrected chi connectivity index (χ4v) is 2.12. The van der Waals surface area contributed by atoms with Gasteiger partial charge in [0.05, 0.1) is 24.1 Å². The maximum Gasteiger partial charge on any atom is 0.314 e. The number of rotatable bonds is 5. The molecule has 1 heterocycles. The van der Waals surface area contributed by atoms with Crippen LogP contribution >= 0.6 is 11.3 Å². The molecule has 1 aromatic heterocycles. The Morgan fingerprint density at radius 3 is 2.59 bits per heavy atom. The Kier molecular flexibility index (Phi) is 4.62. The van der Waals surface area contributed by atoms with Crippen molar-refractivity contribution >= 4 is 28.2 Å². The highest BCUT2D eigenvalue weighted by Gasteiger charge is 2.32. The molecule has 2 N–H and O–H groups in total. The number of carbonyl (C=O) groups is 2. The topological polar surface area (TPSA) is 82.3 Å². The van der Waals surface area contributed by atoms with E-state index in [1.807, 2.05) is 0 Å². The molecule has 0 saturated carbocycles. The van der Waals surface area contributed by atoms with Gasteiger partial charge in [0.2, 0.25) is 0 Å². The number of nitrogen functional groups attached to an aromatic ring is 1. The van der Waals surface area contributed by atoms with E-state index < -0.39 is 11.9 Å². The minimum atomic E-state index is -0.664. The number of carbonyl (C=O) groups excluding carboxylic acids is 2. The first-order valence-corrected chi connectivity index (χ1v) is 6.07. The molecule has 1 aromatic rings. The minimum Gasteiger partial charge on any atom is -0.466 e. The van der Waals surface area contributed by atoms with E-state index in [9.17, 15) is 9.59 Å². The van der Waals surface area contributed by atoms with Gasteiger partial charge in [0.15, 0.2) is 5.13 Å². The Morgan fingerprint density at radius 1 is 1.53 bits per heavy atom. The van der Waals surface area contributed by atoms with Crippen LogP contribution in [0.1, 0.15) is 32.4 Å². The zero-order valence-electron chi connectivity index (χ0n) is 10.0. The summed E-state index contributed by atoms with van der Waals surface area (Å²) in [6.07, 6.45) is 0. The molecule has 6 heteroatoms. The first-order chi connectivity index (χ1) is 7.97. The lowest BCUT2D eigenvalue weighted by molar-refractivity contribution is -0.142. The molecule has 1 radical (unpaired) electrons. The Bertz CT molecular complexity index is 417. The van der Waals surface area contributed by atoms with E-state index >= 15 is 0 Å². The van der Waals surface area contributed by atoms with E-state index in [1.165, 1.54) is 18.3 Å². The van der Waals surface area contributed by atoms with Crippen LogP contribution in [0.15, 0.2) is 5.38 Å². The Balaban J connectivity index is 2.94. The van der Waals surface area contributed by atoms with Gasteiger partial charge in [0.1, 0.15) is 5.78 Å². The van der Waals surface area contributed by atoms with Gasteiger partial charge in [-0.25, -0.2) is 4.98 Å². The molecule has 0 amide bonds. The lowest BCUT2D eigenvalue weighted by Crippen LogP contribution is -2.25. The van der Waals surface area contributed by atoms with Gasteiger partial charge < -0.3 is 10.5 Å². The zero-order chi connectivity index (χ0) is 13.0. The van der Waals surface area contributed by atoms with Crippen LogP contribution in [0, 0.1) is 5.92 Å². The average molecular weight is 255 g/mol. The molecule has 0 fully saturated rings. The highest BCUT2D eigenvalue weighted by molar-refractivity contribution is 7.13. The summed E-state index contributed by atoms with van der Waals surface area (Å²) in [5.74, 6) is -0.952. The summed E-state index contributed by atoms with van der Waals surface area (Å²) in [6, 6.07) is 0. The average Bonchev–Trinajstić information content (AvgIpc) is 2.64. The molecule has 1 rings (SSSR count). The quantitative estimate of drug-likeness (QED) is 0.807. The molecule has 0 aliphatic heterocycles.